The van der Waals surface area contributed by atoms with Gasteiger partial charge in [0.1, 0.15) is 18.7 Å². The van der Waals surface area contributed by atoms with Crippen LogP contribution in [0.4, 0.5) is 4.79 Å². The van der Waals surface area contributed by atoms with E-state index >= 15 is 0 Å². The smallest absolute Gasteiger partial charge is 0.407 e. The second kappa shape index (κ2) is 9.56. The Morgan fingerprint density at radius 3 is 2.27 bits per heavy atom. The lowest BCUT2D eigenvalue weighted by Crippen LogP contribution is -2.52. The summed E-state index contributed by atoms with van der Waals surface area (Å²) >= 11 is 0. The summed E-state index contributed by atoms with van der Waals surface area (Å²) in [6.45, 7) is 1.45. The number of carbonyl (C=O) groups is 3. The lowest BCUT2D eigenvalue weighted by molar-refractivity contribution is -0.141. The summed E-state index contributed by atoms with van der Waals surface area (Å²) < 4.78 is 5.52. The van der Waals surface area contributed by atoms with E-state index in [1.807, 2.05) is 48.5 Å². The molecular weight excluding hydrogens is 424 g/mol. The Hall–Kier alpha value is -4.14. The Bertz CT molecular complexity index is 1120. The maximum absolute atomic E-state index is 12.6. The van der Waals surface area contributed by atoms with Gasteiger partial charge in [0.15, 0.2) is 0 Å². The van der Waals surface area contributed by atoms with Gasteiger partial charge in [0.2, 0.25) is 5.91 Å². The number of rotatable bonds is 8. The average Bonchev–Trinajstić information content (AvgIpc) is 3.43. The fraction of sp³-hybridized carbons (Fsp3) is 0.250. The third-order valence-electron chi connectivity index (χ3n) is 5.66. The number of hydrogen-bond acceptors (Lipinski definition) is 5. The van der Waals surface area contributed by atoms with E-state index in [0.717, 1.165) is 22.3 Å². The summed E-state index contributed by atoms with van der Waals surface area (Å²) in [6.07, 6.45) is 2.32. The van der Waals surface area contributed by atoms with Crippen LogP contribution in [0, 0.1) is 0 Å². The van der Waals surface area contributed by atoms with Crippen molar-refractivity contribution in [2.75, 3.05) is 6.61 Å². The van der Waals surface area contributed by atoms with E-state index < -0.39 is 30.1 Å². The minimum absolute atomic E-state index is 0.0996. The second-order valence-corrected chi connectivity index (χ2v) is 7.87. The van der Waals surface area contributed by atoms with Crippen molar-refractivity contribution in [2.45, 2.75) is 31.3 Å². The topological polar surface area (TPSA) is 133 Å². The first-order chi connectivity index (χ1) is 15.9. The van der Waals surface area contributed by atoms with Gasteiger partial charge >= 0.3 is 12.1 Å². The number of imidazole rings is 1. The van der Waals surface area contributed by atoms with E-state index in [-0.39, 0.29) is 18.9 Å². The Morgan fingerprint density at radius 2 is 1.70 bits per heavy atom. The first kappa shape index (κ1) is 22.1. The van der Waals surface area contributed by atoms with Gasteiger partial charge in [0.05, 0.1) is 6.33 Å². The molecule has 2 amide bonds. The van der Waals surface area contributed by atoms with Crippen LogP contribution < -0.4 is 10.6 Å². The third kappa shape index (κ3) is 4.87. The van der Waals surface area contributed by atoms with E-state index in [2.05, 4.69) is 20.6 Å². The molecule has 0 bridgehead atoms. The molecule has 33 heavy (non-hydrogen) atoms. The number of aromatic nitrogens is 2. The van der Waals surface area contributed by atoms with Crippen molar-refractivity contribution >= 4 is 18.0 Å². The molecule has 2 atom stereocenters. The first-order valence-electron chi connectivity index (χ1n) is 10.6. The van der Waals surface area contributed by atoms with Crippen molar-refractivity contribution in [2.24, 2.45) is 0 Å². The molecule has 0 saturated heterocycles. The zero-order valence-corrected chi connectivity index (χ0v) is 17.9. The van der Waals surface area contributed by atoms with Crippen molar-refractivity contribution in [3.63, 3.8) is 0 Å². The molecule has 1 aromatic heterocycles. The van der Waals surface area contributed by atoms with Gasteiger partial charge in [-0.2, -0.15) is 0 Å². The minimum atomic E-state index is -1.18. The number of aliphatic carboxylic acids is 1. The highest BCUT2D eigenvalue weighted by atomic mass is 16.5. The van der Waals surface area contributed by atoms with Crippen LogP contribution in [0.5, 0.6) is 0 Å². The van der Waals surface area contributed by atoms with Crippen LogP contribution in [0.1, 0.15) is 29.7 Å². The van der Waals surface area contributed by atoms with Gasteiger partial charge in [0, 0.05) is 24.2 Å². The standard InChI is InChI=1S/C24H24N4O5/c1-14(23(30)31)27-22(29)21(10-15-11-25-13-26-15)28-24(32)33-12-20-18-8-4-2-6-16(18)17-7-3-5-9-19(17)20/h2-9,11,13-14,20-21H,10,12H2,1H3,(H,25,26)(H,27,29)(H,28,32)(H,30,31)/t14-,21?/m1/s1. The highest BCUT2D eigenvalue weighted by Crippen LogP contribution is 2.44. The van der Waals surface area contributed by atoms with Crippen LogP contribution >= 0.6 is 0 Å². The molecule has 0 radical (unpaired) electrons. The molecule has 1 aliphatic carbocycles. The molecule has 1 heterocycles. The zero-order valence-electron chi connectivity index (χ0n) is 17.9. The number of carboxylic acid groups (broad SMARTS) is 1. The lowest BCUT2D eigenvalue weighted by atomic mass is 9.98. The Balaban J connectivity index is 1.44. The molecule has 0 fully saturated rings. The van der Waals surface area contributed by atoms with E-state index in [0.29, 0.717) is 5.69 Å². The number of aromatic amines is 1. The number of carbonyl (C=O) groups excluding carboxylic acids is 2. The lowest BCUT2D eigenvalue weighted by Gasteiger charge is -2.20. The number of benzene rings is 2. The van der Waals surface area contributed by atoms with Gasteiger partial charge in [0.25, 0.3) is 0 Å². The number of fused-ring (bicyclic) bond motifs is 3. The van der Waals surface area contributed by atoms with Crippen molar-refractivity contribution in [3.8, 4) is 11.1 Å². The maximum atomic E-state index is 12.6. The minimum Gasteiger partial charge on any atom is -0.480 e. The van der Waals surface area contributed by atoms with Crippen LogP contribution in [0.3, 0.4) is 0 Å². The summed E-state index contributed by atoms with van der Waals surface area (Å²) in [5.41, 5.74) is 4.99. The summed E-state index contributed by atoms with van der Waals surface area (Å²) in [4.78, 5) is 43.1. The molecule has 3 aromatic rings. The van der Waals surface area contributed by atoms with E-state index in [1.54, 1.807) is 0 Å². The van der Waals surface area contributed by atoms with Gasteiger partial charge in [-0.05, 0) is 29.2 Å². The molecule has 0 spiro atoms. The Kier molecular flexibility index (Phi) is 6.39. The summed E-state index contributed by atoms with van der Waals surface area (Å²) in [6, 6.07) is 13.8. The average molecular weight is 448 g/mol. The second-order valence-electron chi connectivity index (χ2n) is 7.87. The molecule has 0 aliphatic heterocycles. The Labute approximate surface area is 190 Å². The number of amides is 2. The summed E-state index contributed by atoms with van der Waals surface area (Å²) in [7, 11) is 0. The van der Waals surface area contributed by atoms with Crippen molar-refractivity contribution < 1.29 is 24.2 Å². The third-order valence-corrected chi connectivity index (χ3v) is 5.66. The van der Waals surface area contributed by atoms with Gasteiger partial charge < -0.3 is 25.5 Å². The summed E-state index contributed by atoms with van der Waals surface area (Å²) in [5, 5.41) is 14.0. The molecule has 4 N–H and O–H groups in total. The van der Waals surface area contributed by atoms with Gasteiger partial charge in [-0.1, -0.05) is 48.5 Å². The van der Waals surface area contributed by atoms with Gasteiger partial charge in [-0.3, -0.25) is 9.59 Å². The number of alkyl carbamates (subject to hydrolysis) is 1. The molecule has 1 aliphatic rings. The molecule has 4 rings (SSSR count). The molecule has 9 nitrogen and oxygen atoms in total. The van der Waals surface area contributed by atoms with Crippen LogP contribution in [-0.4, -0.2) is 51.7 Å². The van der Waals surface area contributed by atoms with Crippen LogP contribution in [0.25, 0.3) is 11.1 Å². The predicted molar refractivity (Wildman–Crippen MR) is 120 cm³/mol. The van der Waals surface area contributed by atoms with Gasteiger partial charge in [-0.25, -0.2) is 9.78 Å². The SMILES string of the molecule is C[C@@H](NC(=O)C(Cc1cnc[nH]1)NC(=O)OCC1c2ccccc2-c2ccccc21)C(=O)O. The highest BCUT2D eigenvalue weighted by Gasteiger charge is 2.30. The highest BCUT2D eigenvalue weighted by molar-refractivity contribution is 5.89. The number of nitrogens with zero attached hydrogens (tertiary/aromatic N) is 1. The zero-order chi connectivity index (χ0) is 23.4. The van der Waals surface area contributed by atoms with E-state index in [1.165, 1.54) is 19.4 Å². The maximum Gasteiger partial charge on any atom is 0.407 e. The number of ether oxygens (including phenoxy) is 1. The van der Waals surface area contributed by atoms with Crippen molar-refractivity contribution in [1.82, 2.24) is 20.6 Å². The van der Waals surface area contributed by atoms with Crippen LogP contribution in [0.15, 0.2) is 61.1 Å². The van der Waals surface area contributed by atoms with Crippen molar-refractivity contribution in [1.29, 1.82) is 0 Å². The molecule has 0 saturated carbocycles. The largest absolute Gasteiger partial charge is 0.480 e. The van der Waals surface area contributed by atoms with Crippen molar-refractivity contribution in [3.05, 3.63) is 77.9 Å². The molecule has 2 aromatic carbocycles. The van der Waals surface area contributed by atoms with E-state index in [9.17, 15) is 14.4 Å². The normalized spacial score (nSPS) is 14.0. The number of nitrogens with one attached hydrogen (secondary N) is 3. The predicted octanol–water partition coefficient (Wildman–Crippen LogP) is 2.45. The Morgan fingerprint density at radius 1 is 1.06 bits per heavy atom. The number of hydrogen-bond donors (Lipinski definition) is 4. The van der Waals surface area contributed by atoms with Gasteiger partial charge in [-0.15, -0.1) is 0 Å². The summed E-state index contributed by atoms with van der Waals surface area (Å²) in [5.74, 6) is -1.92. The quantitative estimate of drug-likeness (QED) is 0.418. The van der Waals surface area contributed by atoms with E-state index in [4.69, 9.17) is 9.84 Å². The molecule has 170 valence electrons. The molecule has 9 heteroatoms. The number of H-pyrrole nitrogens is 1. The first-order valence-corrected chi connectivity index (χ1v) is 10.6. The fourth-order valence-corrected chi connectivity index (χ4v) is 3.98. The van der Waals surface area contributed by atoms with Crippen LogP contribution in [-0.2, 0) is 20.7 Å². The molecule has 1 unspecified atom stereocenters. The fourth-order valence-electron chi connectivity index (χ4n) is 3.98. The van der Waals surface area contributed by atoms with Crippen LogP contribution in [0.2, 0.25) is 0 Å². The monoisotopic (exact) mass is 448 g/mol. The molecular formula is C24H24N4O5. The number of carboxylic acids is 1.